The summed E-state index contributed by atoms with van der Waals surface area (Å²) in [4.78, 5) is 28.2. The van der Waals surface area contributed by atoms with Crippen LogP contribution >= 0.6 is 11.3 Å². The van der Waals surface area contributed by atoms with E-state index in [0.29, 0.717) is 19.5 Å². The third-order valence-corrected chi connectivity index (χ3v) is 6.25. The maximum Gasteiger partial charge on any atom is 0.227 e. The Labute approximate surface area is 165 Å². The first kappa shape index (κ1) is 19.6. The zero-order valence-corrected chi connectivity index (χ0v) is 17.1. The van der Waals surface area contributed by atoms with Gasteiger partial charge in [-0.25, -0.2) is 0 Å². The summed E-state index contributed by atoms with van der Waals surface area (Å²) >= 11 is 1.71. The van der Waals surface area contributed by atoms with Crippen LogP contribution in [0.1, 0.15) is 39.2 Å². The van der Waals surface area contributed by atoms with Gasteiger partial charge in [-0.1, -0.05) is 51.1 Å². The van der Waals surface area contributed by atoms with Crippen LogP contribution in [0.15, 0.2) is 41.8 Å². The molecule has 144 valence electrons. The molecule has 1 aromatic carbocycles. The first-order valence-electron chi connectivity index (χ1n) is 9.43. The van der Waals surface area contributed by atoms with Crippen molar-refractivity contribution < 1.29 is 9.59 Å². The van der Waals surface area contributed by atoms with E-state index in [0.717, 1.165) is 18.4 Å². The molecule has 0 bridgehead atoms. The molecule has 0 aliphatic carbocycles. The lowest BCUT2D eigenvalue weighted by molar-refractivity contribution is -0.146. The Hall–Kier alpha value is -2.14. The number of benzene rings is 1. The van der Waals surface area contributed by atoms with Gasteiger partial charge in [0.05, 0.1) is 5.41 Å². The molecule has 1 fully saturated rings. The second kappa shape index (κ2) is 7.47. The van der Waals surface area contributed by atoms with Crippen molar-refractivity contribution in [3.8, 4) is 10.4 Å². The fraction of sp³-hybridized carbons (Fsp3) is 0.455. The molecule has 1 aromatic heterocycles. The monoisotopic (exact) mass is 384 g/mol. The van der Waals surface area contributed by atoms with Gasteiger partial charge >= 0.3 is 0 Å². The summed E-state index contributed by atoms with van der Waals surface area (Å²) in [7, 11) is 0. The van der Waals surface area contributed by atoms with E-state index in [1.807, 2.05) is 31.7 Å². The van der Waals surface area contributed by atoms with Crippen molar-refractivity contribution in [2.45, 2.75) is 40.0 Å². The first-order chi connectivity index (χ1) is 12.7. The highest BCUT2D eigenvalue weighted by molar-refractivity contribution is 7.13. The van der Waals surface area contributed by atoms with Crippen LogP contribution < -0.4 is 5.73 Å². The molecule has 2 heterocycles. The van der Waals surface area contributed by atoms with Gasteiger partial charge in [0.1, 0.15) is 0 Å². The van der Waals surface area contributed by atoms with Crippen LogP contribution in [-0.2, 0) is 16.0 Å². The zero-order chi connectivity index (χ0) is 19.7. The summed E-state index contributed by atoms with van der Waals surface area (Å²) in [5, 5.41) is 2.06. The molecule has 0 saturated carbocycles. The lowest BCUT2D eigenvalue weighted by atomic mass is 9.74. The van der Waals surface area contributed by atoms with Crippen LogP contribution in [-0.4, -0.2) is 29.8 Å². The molecule has 2 aromatic rings. The number of thiophene rings is 1. The summed E-state index contributed by atoms with van der Waals surface area (Å²) in [6.07, 6.45) is 2.10. The number of amides is 2. The van der Waals surface area contributed by atoms with Gasteiger partial charge in [-0.2, -0.15) is 0 Å². The summed E-state index contributed by atoms with van der Waals surface area (Å²) in [5.74, 6) is -0.225. The number of nitrogens with zero attached hydrogens (tertiary/aromatic N) is 1. The second-order valence-corrected chi connectivity index (χ2v) is 9.52. The molecule has 1 saturated heterocycles. The standard InChI is InChI=1S/C22H28N2O2S/c1-21(2,3)20(26)24-12-5-11-22(15-24,19(23)25)14-16-7-9-17(10-8-16)18-6-4-13-27-18/h4,6-10,13H,5,11-12,14-15H2,1-3H3,(H2,23,25)/t22-/m0/s1. The molecule has 2 amide bonds. The quantitative estimate of drug-likeness (QED) is 0.863. The molecule has 1 atom stereocenters. The van der Waals surface area contributed by atoms with Crippen molar-refractivity contribution in [1.82, 2.24) is 4.90 Å². The van der Waals surface area contributed by atoms with E-state index in [-0.39, 0.29) is 11.8 Å². The lowest BCUT2D eigenvalue weighted by Crippen LogP contribution is -2.55. The van der Waals surface area contributed by atoms with E-state index >= 15 is 0 Å². The Morgan fingerprint density at radius 2 is 1.89 bits per heavy atom. The maximum absolute atomic E-state index is 12.7. The van der Waals surface area contributed by atoms with Gasteiger partial charge in [0.15, 0.2) is 0 Å². The minimum Gasteiger partial charge on any atom is -0.369 e. The lowest BCUT2D eigenvalue weighted by Gasteiger charge is -2.42. The Kier molecular flexibility index (Phi) is 5.43. The molecule has 4 nitrogen and oxygen atoms in total. The second-order valence-electron chi connectivity index (χ2n) is 8.58. The number of rotatable bonds is 4. The highest BCUT2D eigenvalue weighted by Gasteiger charge is 2.43. The fourth-order valence-corrected chi connectivity index (χ4v) is 4.57. The number of piperidine rings is 1. The number of nitrogens with two attached hydrogens (primary N) is 1. The first-order valence-corrected chi connectivity index (χ1v) is 10.3. The van der Waals surface area contributed by atoms with Gasteiger partial charge in [0, 0.05) is 23.4 Å². The van der Waals surface area contributed by atoms with Crippen LogP contribution in [0.4, 0.5) is 0 Å². The Morgan fingerprint density at radius 3 is 2.44 bits per heavy atom. The van der Waals surface area contributed by atoms with Crippen molar-refractivity contribution in [3.05, 3.63) is 47.3 Å². The summed E-state index contributed by atoms with van der Waals surface area (Å²) < 4.78 is 0. The van der Waals surface area contributed by atoms with Gasteiger partial charge in [0.2, 0.25) is 11.8 Å². The van der Waals surface area contributed by atoms with Crippen LogP contribution in [0.5, 0.6) is 0 Å². The normalized spacial score (nSPS) is 20.5. The van der Waals surface area contributed by atoms with Crippen molar-refractivity contribution in [1.29, 1.82) is 0 Å². The van der Waals surface area contributed by atoms with Crippen molar-refractivity contribution in [2.24, 2.45) is 16.6 Å². The predicted octanol–water partition coefficient (Wildman–Crippen LogP) is 4.10. The number of hydrogen-bond donors (Lipinski definition) is 1. The number of likely N-dealkylation sites (tertiary alicyclic amines) is 1. The molecule has 5 heteroatoms. The van der Waals surface area contributed by atoms with Crippen LogP contribution in [0.2, 0.25) is 0 Å². The summed E-state index contributed by atoms with van der Waals surface area (Å²) in [6, 6.07) is 12.5. The van der Waals surface area contributed by atoms with Crippen molar-refractivity contribution >= 4 is 23.2 Å². The van der Waals surface area contributed by atoms with E-state index in [2.05, 4.69) is 35.7 Å². The van der Waals surface area contributed by atoms with Crippen molar-refractivity contribution in [2.75, 3.05) is 13.1 Å². The van der Waals surface area contributed by atoms with Crippen LogP contribution in [0.25, 0.3) is 10.4 Å². The fourth-order valence-electron chi connectivity index (χ4n) is 3.83. The minimum atomic E-state index is -0.691. The average molecular weight is 385 g/mol. The Morgan fingerprint density at radius 1 is 1.19 bits per heavy atom. The van der Waals surface area contributed by atoms with E-state index in [1.165, 1.54) is 10.4 Å². The van der Waals surface area contributed by atoms with Gasteiger partial charge < -0.3 is 10.6 Å². The van der Waals surface area contributed by atoms with Gasteiger partial charge in [-0.3, -0.25) is 9.59 Å². The number of carbonyl (C=O) groups excluding carboxylic acids is 2. The topological polar surface area (TPSA) is 63.4 Å². The molecular weight excluding hydrogens is 356 g/mol. The molecule has 0 radical (unpaired) electrons. The maximum atomic E-state index is 12.7. The largest absolute Gasteiger partial charge is 0.369 e. The minimum absolute atomic E-state index is 0.0841. The molecule has 1 aliphatic rings. The van der Waals surface area contributed by atoms with E-state index in [9.17, 15) is 9.59 Å². The molecule has 27 heavy (non-hydrogen) atoms. The Bertz CT molecular complexity index is 806. The van der Waals surface area contributed by atoms with E-state index < -0.39 is 10.8 Å². The number of carbonyl (C=O) groups is 2. The highest BCUT2D eigenvalue weighted by Crippen LogP contribution is 2.36. The molecule has 2 N–H and O–H groups in total. The average Bonchev–Trinajstić information content (AvgIpc) is 3.15. The van der Waals surface area contributed by atoms with Crippen LogP contribution in [0.3, 0.4) is 0 Å². The number of hydrogen-bond acceptors (Lipinski definition) is 3. The van der Waals surface area contributed by atoms with E-state index in [4.69, 9.17) is 5.73 Å². The zero-order valence-electron chi connectivity index (χ0n) is 16.3. The third kappa shape index (κ3) is 4.24. The SMILES string of the molecule is CC(C)(C)C(=O)N1CCC[C@@](Cc2ccc(-c3cccs3)cc2)(C(N)=O)C1. The molecule has 3 rings (SSSR count). The molecular formula is C22H28N2O2S. The molecule has 0 unspecified atom stereocenters. The predicted molar refractivity (Wildman–Crippen MR) is 110 cm³/mol. The Balaban J connectivity index is 1.81. The van der Waals surface area contributed by atoms with Gasteiger partial charge in [-0.15, -0.1) is 11.3 Å². The molecule has 1 aliphatic heterocycles. The number of primary amides is 1. The third-order valence-electron chi connectivity index (χ3n) is 5.33. The summed E-state index contributed by atoms with van der Waals surface area (Å²) in [5.41, 5.74) is 6.97. The molecule has 0 spiro atoms. The smallest absolute Gasteiger partial charge is 0.227 e. The van der Waals surface area contributed by atoms with Gasteiger partial charge in [-0.05, 0) is 41.8 Å². The van der Waals surface area contributed by atoms with Crippen molar-refractivity contribution in [3.63, 3.8) is 0 Å². The highest BCUT2D eigenvalue weighted by atomic mass is 32.1. The van der Waals surface area contributed by atoms with Crippen LogP contribution in [0, 0.1) is 10.8 Å². The van der Waals surface area contributed by atoms with Gasteiger partial charge in [0.25, 0.3) is 0 Å². The van der Waals surface area contributed by atoms with E-state index in [1.54, 1.807) is 11.3 Å². The summed E-state index contributed by atoms with van der Waals surface area (Å²) in [6.45, 7) is 6.85.